The molecular weight excluding hydrogens is 164 g/mol. The largest absolute Gasteiger partial charge is 0.382 e. The number of halogens is 2. The maximum Gasteiger partial charge on any atom is 0.272 e. The Balaban J connectivity index is 1.90. The van der Waals surface area contributed by atoms with E-state index in [1.165, 1.54) is 0 Å². The van der Waals surface area contributed by atoms with E-state index >= 15 is 0 Å². The minimum absolute atomic E-state index is 0.0703. The average Bonchev–Trinajstić information content (AvgIpc) is 1.94. The van der Waals surface area contributed by atoms with E-state index in [0.29, 0.717) is 13.2 Å². The molecule has 0 atom stereocenters. The Bertz CT molecular complexity index is 133. The molecule has 0 aromatic carbocycles. The number of hydrogen-bond acceptors (Lipinski definition) is 2. The zero-order valence-corrected chi connectivity index (χ0v) is 7.35. The highest BCUT2D eigenvalue weighted by molar-refractivity contribution is 4.86. The summed E-state index contributed by atoms with van der Waals surface area (Å²) in [6.07, 6.45) is 0.851. The molecule has 1 rings (SSSR count). The Morgan fingerprint density at radius 1 is 1.42 bits per heavy atom. The van der Waals surface area contributed by atoms with Crippen LogP contribution < -0.4 is 0 Å². The van der Waals surface area contributed by atoms with Crippen molar-refractivity contribution in [2.24, 2.45) is 0 Å². The molecule has 0 bridgehead atoms. The van der Waals surface area contributed by atoms with Gasteiger partial charge in [0.2, 0.25) is 0 Å². The summed E-state index contributed by atoms with van der Waals surface area (Å²) >= 11 is 0. The average molecular weight is 179 g/mol. The van der Waals surface area contributed by atoms with Gasteiger partial charge in [-0.3, -0.25) is 4.90 Å². The van der Waals surface area contributed by atoms with E-state index in [-0.39, 0.29) is 13.1 Å². The highest BCUT2D eigenvalue weighted by Gasteiger charge is 2.42. The first kappa shape index (κ1) is 9.86. The topological polar surface area (TPSA) is 12.5 Å². The summed E-state index contributed by atoms with van der Waals surface area (Å²) in [4.78, 5) is 1.75. The molecule has 2 nitrogen and oxygen atoms in total. The standard InChI is InChI=1S/C8H15F2NO/c1-2-12-5-3-4-11-6-8(9,10)7-11/h2-7H2,1H3. The van der Waals surface area contributed by atoms with E-state index in [4.69, 9.17) is 4.74 Å². The van der Waals surface area contributed by atoms with Crippen LogP contribution in [0.15, 0.2) is 0 Å². The maximum absolute atomic E-state index is 12.3. The smallest absolute Gasteiger partial charge is 0.272 e. The third-order valence-corrected chi connectivity index (χ3v) is 1.88. The predicted molar refractivity (Wildman–Crippen MR) is 42.5 cm³/mol. The van der Waals surface area contributed by atoms with Gasteiger partial charge >= 0.3 is 0 Å². The molecule has 0 aliphatic carbocycles. The lowest BCUT2D eigenvalue weighted by molar-refractivity contribution is -0.131. The molecule has 4 heteroatoms. The second-order valence-electron chi connectivity index (χ2n) is 3.12. The molecule has 0 radical (unpaired) electrons. The van der Waals surface area contributed by atoms with Crippen molar-refractivity contribution in [1.82, 2.24) is 4.90 Å². The van der Waals surface area contributed by atoms with Gasteiger partial charge < -0.3 is 4.74 Å². The number of likely N-dealkylation sites (tertiary alicyclic amines) is 1. The first-order chi connectivity index (χ1) is 5.64. The van der Waals surface area contributed by atoms with Gasteiger partial charge in [0.25, 0.3) is 5.92 Å². The molecule has 72 valence electrons. The van der Waals surface area contributed by atoms with Crippen LogP contribution in [0.3, 0.4) is 0 Å². The fourth-order valence-electron chi connectivity index (χ4n) is 1.30. The molecule has 0 unspecified atom stereocenters. The first-order valence-electron chi connectivity index (χ1n) is 4.32. The number of alkyl halides is 2. The van der Waals surface area contributed by atoms with Crippen molar-refractivity contribution in [1.29, 1.82) is 0 Å². The van der Waals surface area contributed by atoms with Crippen LogP contribution in [0.2, 0.25) is 0 Å². The van der Waals surface area contributed by atoms with Crippen LogP contribution in [-0.2, 0) is 4.74 Å². The normalized spacial score (nSPS) is 22.2. The lowest BCUT2D eigenvalue weighted by atomic mass is 10.1. The van der Waals surface area contributed by atoms with E-state index in [9.17, 15) is 8.78 Å². The number of ether oxygens (including phenoxy) is 1. The van der Waals surface area contributed by atoms with Crippen molar-refractivity contribution in [3.63, 3.8) is 0 Å². The molecule has 0 aromatic rings. The molecule has 0 amide bonds. The van der Waals surface area contributed by atoms with Crippen LogP contribution in [0, 0.1) is 0 Å². The minimum atomic E-state index is -2.42. The van der Waals surface area contributed by atoms with Crippen LogP contribution in [0.5, 0.6) is 0 Å². The lowest BCUT2D eigenvalue weighted by Crippen LogP contribution is -2.56. The second kappa shape index (κ2) is 4.14. The Labute approximate surface area is 71.5 Å². The Kier molecular flexibility index (Phi) is 3.40. The van der Waals surface area contributed by atoms with Crippen LogP contribution in [0.25, 0.3) is 0 Å². The monoisotopic (exact) mass is 179 g/mol. The summed E-state index contributed by atoms with van der Waals surface area (Å²) in [5, 5.41) is 0. The van der Waals surface area contributed by atoms with Gasteiger partial charge in [0.05, 0.1) is 13.1 Å². The van der Waals surface area contributed by atoms with Gasteiger partial charge in [-0.1, -0.05) is 0 Å². The van der Waals surface area contributed by atoms with Crippen molar-refractivity contribution in [2.75, 3.05) is 32.8 Å². The predicted octanol–water partition coefficient (Wildman–Crippen LogP) is 1.36. The zero-order valence-electron chi connectivity index (χ0n) is 7.35. The SMILES string of the molecule is CCOCCCN1CC(F)(F)C1. The van der Waals surface area contributed by atoms with Gasteiger partial charge in [-0.2, -0.15) is 0 Å². The van der Waals surface area contributed by atoms with Crippen molar-refractivity contribution in [3.8, 4) is 0 Å². The Morgan fingerprint density at radius 2 is 2.08 bits per heavy atom. The fraction of sp³-hybridized carbons (Fsp3) is 1.00. The zero-order chi connectivity index (χ0) is 9.03. The molecular formula is C8H15F2NO. The van der Waals surface area contributed by atoms with Crippen molar-refractivity contribution in [2.45, 2.75) is 19.3 Å². The highest BCUT2D eigenvalue weighted by Crippen LogP contribution is 2.26. The molecule has 0 saturated carbocycles. The van der Waals surface area contributed by atoms with E-state index in [1.807, 2.05) is 6.92 Å². The molecule has 0 N–H and O–H groups in total. The van der Waals surface area contributed by atoms with Gasteiger partial charge in [-0.15, -0.1) is 0 Å². The molecule has 1 aliphatic heterocycles. The first-order valence-corrected chi connectivity index (χ1v) is 4.32. The summed E-state index contributed by atoms with van der Waals surface area (Å²) < 4.78 is 29.7. The van der Waals surface area contributed by atoms with Crippen LogP contribution >= 0.6 is 0 Å². The Morgan fingerprint density at radius 3 is 2.58 bits per heavy atom. The highest BCUT2D eigenvalue weighted by atomic mass is 19.3. The van der Waals surface area contributed by atoms with Crippen LogP contribution in [0.4, 0.5) is 8.78 Å². The third-order valence-electron chi connectivity index (χ3n) is 1.88. The maximum atomic E-state index is 12.3. The van der Waals surface area contributed by atoms with Gasteiger partial charge in [-0.05, 0) is 13.3 Å². The van der Waals surface area contributed by atoms with Crippen molar-refractivity contribution >= 4 is 0 Å². The second-order valence-corrected chi connectivity index (χ2v) is 3.12. The molecule has 1 aliphatic rings. The quantitative estimate of drug-likeness (QED) is 0.591. The van der Waals surface area contributed by atoms with E-state index in [0.717, 1.165) is 13.0 Å². The molecule has 0 aromatic heterocycles. The molecule has 12 heavy (non-hydrogen) atoms. The fourth-order valence-corrected chi connectivity index (χ4v) is 1.30. The van der Waals surface area contributed by atoms with Crippen LogP contribution in [-0.4, -0.2) is 43.7 Å². The van der Waals surface area contributed by atoms with Crippen molar-refractivity contribution in [3.05, 3.63) is 0 Å². The van der Waals surface area contributed by atoms with E-state index < -0.39 is 5.92 Å². The summed E-state index contributed by atoms with van der Waals surface area (Å²) in [6.45, 7) is 3.90. The summed E-state index contributed by atoms with van der Waals surface area (Å²) in [6, 6.07) is 0. The summed E-state index contributed by atoms with van der Waals surface area (Å²) in [7, 11) is 0. The van der Waals surface area contributed by atoms with Crippen LogP contribution in [0.1, 0.15) is 13.3 Å². The van der Waals surface area contributed by atoms with Gasteiger partial charge in [-0.25, -0.2) is 8.78 Å². The lowest BCUT2D eigenvalue weighted by Gasteiger charge is -2.38. The Hall–Kier alpha value is -0.220. The summed E-state index contributed by atoms with van der Waals surface area (Å²) in [5.74, 6) is -2.42. The number of hydrogen-bond donors (Lipinski definition) is 0. The molecule has 1 heterocycles. The molecule has 0 spiro atoms. The number of rotatable bonds is 5. The van der Waals surface area contributed by atoms with Gasteiger partial charge in [0.15, 0.2) is 0 Å². The molecule has 1 saturated heterocycles. The summed E-state index contributed by atoms with van der Waals surface area (Å²) in [5.41, 5.74) is 0. The number of nitrogens with zero attached hydrogens (tertiary/aromatic N) is 1. The molecule has 1 fully saturated rings. The third kappa shape index (κ3) is 3.03. The van der Waals surface area contributed by atoms with Gasteiger partial charge in [0, 0.05) is 19.8 Å². The van der Waals surface area contributed by atoms with Crippen molar-refractivity contribution < 1.29 is 13.5 Å². The van der Waals surface area contributed by atoms with Gasteiger partial charge in [0.1, 0.15) is 0 Å². The van der Waals surface area contributed by atoms with E-state index in [2.05, 4.69) is 0 Å². The minimum Gasteiger partial charge on any atom is -0.382 e. The van der Waals surface area contributed by atoms with E-state index in [1.54, 1.807) is 4.90 Å².